The van der Waals surface area contributed by atoms with Crippen molar-refractivity contribution >= 4 is 22.4 Å². The van der Waals surface area contributed by atoms with Crippen LogP contribution in [0.25, 0.3) is 10.8 Å². The Hall–Kier alpha value is -3.74. The lowest BCUT2D eigenvalue weighted by molar-refractivity contribution is -0.992. The number of quaternary nitrogens is 1. The van der Waals surface area contributed by atoms with Gasteiger partial charge in [-0.15, -0.1) is 0 Å². The molecule has 2 aliphatic rings. The minimum absolute atomic E-state index is 0.0117. The molecule has 0 saturated carbocycles. The number of piperidine rings is 1. The van der Waals surface area contributed by atoms with E-state index in [2.05, 4.69) is 5.10 Å². The van der Waals surface area contributed by atoms with Crippen molar-refractivity contribution < 1.29 is 24.7 Å². The van der Waals surface area contributed by atoms with Crippen molar-refractivity contribution in [1.29, 1.82) is 0 Å². The highest BCUT2D eigenvalue weighted by molar-refractivity contribution is 5.89. The van der Waals surface area contributed by atoms with E-state index in [9.17, 15) is 24.8 Å². The van der Waals surface area contributed by atoms with Gasteiger partial charge in [0.1, 0.15) is 6.54 Å². The van der Waals surface area contributed by atoms with Crippen LogP contribution in [-0.2, 0) is 17.9 Å². The number of hydrogen-bond acceptors (Lipinski definition) is 8. The van der Waals surface area contributed by atoms with Crippen LogP contribution in [0, 0.1) is 11.1 Å². The van der Waals surface area contributed by atoms with Gasteiger partial charge in [-0.2, -0.15) is 10.3 Å². The summed E-state index contributed by atoms with van der Waals surface area (Å²) in [6, 6.07) is 6.39. The van der Waals surface area contributed by atoms with Crippen LogP contribution >= 0.6 is 0 Å². The number of ether oxygens (including phenoxy) is 2. The van der Waals surface area contributed by atoms with Crippen molar-refractivity contribution in [3.05, 3.63) is 62.1 Å². The smallest absolute Gasteiger partial charge is 0.315 e. The van der Waals surface area contributed by atoms with Crippen molar-refractivity contribution in [3.63, 3.8) is 0 Å². The molecule has 12 heteroatoms. The van der Waals surface area contributed by atoms with Crippen molar-refractivity contribution in [2.75, 3.05) is 27.3 Å². The standard InChI is InChI=1S/C23H25N5O7/c1-34-18-6-3-14-8-24-27(23(31)20(14)21(18)35-2)12-19(29)25-9-13-7-15(11-25)16-4-5-17(28(32)33)22(30)26(16)10-13/h3-6,8,13,15,28,32H,7,9-12H2,1-2H3. The summed E-state index contributed by atoms with van der Waals surface area (Å²) < 4.78 is 13.3. The van der Waals surface area contributed by atoms with E-state index in [1.54, 1.807) is 23.1 Å². The summed E-state index contributed by atoms with van der Waals surface area (Å²) in [5.74, 6) is 0.359. The van der Waals surface area contributed by atoms with Crippen molar-refractivity contribution in [2.45, 2.75) is 25.4 Å². The molecule has 184 valence electrons. The average Bonchev–Trinajstić information content (AvgIpc) is 2.85. The first kappa shape index (κ1) is 23.0. The normalized spacial score (nSPS) is 19.8. The van der Waals surface area contributed by atoms with Crippen molar-refractivity contribution in [3.8, 4) is 11.5 Å². The van der Waals surface area contributed by atoms with Gasteiger partial charge in [-0.25, -0.2) is 9.89 Å². The second-order valence-corrected chi connectivity index (χ2v) is 8.86. The summed E-state index contributed by atoms with van der Waals surface area (Å²) in [6.45, 7) is 0.902. The number of nitrogens with zero attached hydrogens (tertiary/aromatic N) is 4. The Bertz CT molecular complexity index is 1430. The van der Waals surface area contributed by atoms with Gasteiger partial charge in [0.25, 0.3) is 5.56 Å². The van der Waals surface area contributed by atoms with Crippen LogP contribution in [0.3, 0.4) is 0 Å². The Labute approximate surface area is 199 Å². The lowest BCUT2D eigenvalue weighted by atomic mass is 9.83. The molecule has 3 aromatic rings. The number of amides is 1. The van der Waals surface area contributed by atoms with Crippen LogP contribution in [-0.4, -0.2) is 57.7 Å². The average molecular weight is 483 g/mol. The third-order valence-electron chi connectivity index (χ3n) is 6.83. The van der Waals surface area contributed by atoms with Crippen LogP contribution in [0.15, 0.2) is 40.1 Å². The first-order valence-corrected chi connectivity index (χ1v) is 11.2. The third kappa shape index (κ3) is 3.85. The fourth-order valence-corrected chi connectivity index (χ4v) is 5.24. The molecule has 0 spiro atoms. The largest absolute Gasteiger partial charge is 0.595 e. The van der Waals surface area contributed by atoms with E-state index in [0.717, 1.165) is 16.8 Å². The zero-order valence-electron chi connectivity index (χ0n) is 19.3. The van der Waals surface area contributed by atoms with E-state index in [0.29, 0.717) is 30.8 Å². The van der Waals surface area contributed by atoms with Crippen LogP contribution in [0.2, 0.25) is 0 Å². The Morgan fingerprint density at radius 3 is 2.66 bits per heavy atom. The zero-order chi connectivity index (χ0) is 24.9. The minimum Gasteiger partial charge on any atom is -0.595 e. The second-order valence-electron chi connectivity index (χ2n) is 8.86. The van der Waals surface area contributed by atoms with Gasteiger partial charge < -0.3 is 24.1 Å². The molecule has 0 aliphatic carbocycles. The molecule has 1 amide bonds. The van der Waals surface area contributed by atoms with Crippen LogP contribution < -0.4 is 25.8 Å². The number of likely N-dealkylation sites (tertiary alicyclic amines) is 1. The highest BCUT2D eigenvalue weighted by atomic mass is 16.8. The van der Waals surface area contributed by atoms with E-state index < -0.39 is 16.3 Å². The summed E-state index contributed by atoms with van der Waals surface area (Å²) in [7, 11) is 2.93. The Morgan fingerprint density at radius 2 is 1.94 bits per heavy atom. The van der Waals surface area contributed by atoms with E-state index >= 15 is 0 Å². The van der Waals surface area contributed by atoms with E-state index in [1.807, 2.05) is 0 Å². The van der Waals surface area contributed by atoms with Crippen LogP contribution in [0.5, 0.6) is 11.5 Å². The number of methoxy groups -OCH3 is 2. The fourth-order valence-electron chi connectivity index (χ4n) is 5.24. The molecule has 2 N–H and O–H groups in total. The number of hydrogen-bond donors (Lipinski definition) is 2. The second kappa shape index (κ2) is 8.80. The van der Waals surface area contributed by atoms with Crippen molar-refractivity contribution in [2.24, 2.45) is 5.92 Å². The van der Waals surface area contributed by atoms with Gasteiger partial charge in [0, 0.05) is 42.7 Å². The molecule has 3 atom stereocenters. The van der Waals surface area contributed by atoms with Gasteiger partial charge in [-0.05, 0) is 30.5 Å². The minimum atomic E-state index is -1.25. The number of nitrogens with one attached hydrogen (secondary N) is 1. The number of pyridine rings is 1. The van der Waals surface area contributed by atoms with Gasteiger partial charge in [0.05, 0.1) is 25.8 Å². The summed E-state index contributed by atoms with van der Waals surface area (Å²) in [5, 5.41) is 24.4. The van der Waals surface area contributed by atoms with Gasteiger partial charge in [0.2, 0.25) is 11.6 Å². The maximum absolute atomic E-state index is 13.2. The lowest BCUT2D eigenvalue weighted by Crippen LogP contribution is -3.00. The molecule has 1 aromatic carbocycles. The zero-order valence-corrected chi connectivity index (χ0v) is 19.3. The van der Waals surface area contributed by atoms with Crippen molar-refractivity contribution in [1.82, 2.24) is 19.2 Å². The lowest BCUT2D eigenvalue weighted by Gasteiger charge is -2.42. The SMILES string of the molecule is COc1ccc2cnn(CC(=O)N3CC4CC(C3)c3ccc([NH+]([O-])O)c(=O)n3C4)c(=O)c2c1OC. The summed E-state index contributed by atoms with van der Waals surface area (Å²) in [5.41, 5.74) is -0.496. The predicted molar refractivity (Wildman–Crippen MR) is 123 cm³/mol. The quantitative estimate of drug-likeness (QED) is 0.468. The van der Waals surface area contributed by atoms with Gasteiger partial charge >= 0.3 is 5.56 Å². The molecule has 1 saturated heterocycles. The molecule has 5 rings (SSSR count). The van der Waals surface area contributed by atoms with Crippen LogP contribution in [0.4, 0.5) is 5.69 Å². The molecule has 2 aliphatic heterocycles. The number of carbonyl (C=O) groups is 1. The number of rotatable bonds is 5. The number of benzene rings is 1. The molecule has 2 aromatic heterocycles. The summed E-state index contributed by atoms with van der Waals surface area (Å²) in [4.78, 5) is 40.7. The monoisotopic (exact) mass is 483 g/mol. The summed E-state index contributed by atoms with van der Waals surface area (Å²) in [6.07, 6.45) is 2.32. The number of carbonyl (C=O) groups excluding carboxylic acids is 1. The Balaban J connectivity index is 1.41. The summed E-state index contributed by atoms with van der Waals surface area (Å²) >= 11 is 0. The number of aromatic nitrogens is 3. The molecular weight excluding hydrogens is 458 g/mol. The van der Waals surface area contributed by atoms with Gasteiger partial charge in [-0.3, -0.25) is 14.4 Å². The predicted octanol–water partition coefficient (Wildman–Crippen LogP) is -0.375. The highest BCUT2D eigenvalue weighted by Gasteiger charge is 2.37. The fraction of sp³-hybridized carbons (Fsp3) is 0.391. The molecule has 12 nitrogen and oxygen atoms in total. The molecule has 0 radical (unpaired) electrons. The topological polar surface area (TPSA) is 143 Å². The Morgan fingerprint density at radius 1 is 1.14 bits per heavy atom. The highest BCUT2D eigenvalue weighted by Crippen LogP contribution is 2.36. The number of fused-ring (bicyclic) bond motifs is 5. The molecular formula is C23H25N5O7. The maximum atomic E-state index is 13.2. The molecule has 2 bridgehead atoms. The van der Waals surface area contributed by atoms with E-state index in [1.165, 1.54) is 31.0 Å². The first-order valence-electron chi connectivity index (χ1n) is 11.2. The molecule has 3 unspecified atom stereocenters. The first-order chi connectivity index (χ1) is 16.8. The van der Waals surface area contributed by atoms with E-state index in [4.69, 9.17) is 9.47 Å². The molecule has 35 heavy (non-hydrogen) atoms. The molecule has 1 fully saturated rings. The van der Waals surface area contributed by atoms with Crippen LogP contribution in [0.1, 0.15) is 18.0 Å². The maximum Gasteiger partial charge on any atom is 0.315 e. The molecule has 4 heterocycles. The Kier molecular flexibility index (Phi) is 5.79. The third-order valence-corrected chi connectivity index (χ3v) is 6.83. The van der Waals surface area contributed by atoms with E-state index in [-0.39, 0.29) is 41.1 Å². The van der Waals surface area contributed by atoms with Gasteiger partial charge in [-0.1, -0.05) is 0 Å². The van der Waals surface area contributed by atoms with Gasteiger partial charge in [0.15, 0.2) is 11.5 Å².